The van der Waals surface area contributed by atoms with Gasteiger partial charge < -0.3 is 30.0 Å². The number of cyclic esters (lactones) is 1. The van der Waals surface area contributed by atoms with Crippen LogP contribution in [0.3, 0.4) is 0 Å². The molecule has 0 saturated heterocycles. The second-order valence-electron chi connectivity index (χ2n) is 7.70. The minimum Gasteiger partial charge on any atom is -0.461 e. The maximum Gasteiger partial charge on any atom is 0.329 e. The molecule has 0 saturated carbocycles. The van der Waals surface area contributed by atoms with Crippen LogP contribution in [0.5, 0.6) is 0 Å². The van der Waals surface area contributed by atoms with Crippen LogP contribution in [0.1, 0.15) is 36.1 Å². The van der Waals surface area contributed by atoms with Crippen LogP contribution >= 0.6 is 11.8 Å². The molecular weight excluding hydrogens is 450 g/mol. The summed E-state index contributed by atoms with van der Waals surface area (Å²) in [5, 5.41) is 25.6. The molecule has 0 spiro atoms. The Hall–Kier alpha value is -2.89. The molecule has 4 atom stereocenters. The zero-order valence-electron chi connectivity index (χ0n) is 18.1. The Labute approximate surface area is 195 Å². The van der Waals surface area contributed by atoms with Gasteiger partial charge in [-0.25, -0.2) is 9.78 Å². The Morgan fingerprint density at radius 1 is 1.18 bits per heavy atom. The second-order valence-corrected chi connectivity index (χ2v) is 8.76. The van der Waals surface area contributed by atoms with Gasteiger partial charge in [-0.2, -0.15) is 0 Å². The van der Waals surface area contributed by atoms with Gasteiger partial charge in [0.2, 0.25) is 0 Å². The van der Waals surface area contributed by atoms with Gasteiger partial charge in [-0.3, -0.25) is 9.59 Å². The van der Waals surface area contributed by atoms with E-state index in [9.17, 15) is 24.6 Å². The molecule has 2 amide bonds. The molecule has 4 bridgehead atoms. The highest BCUT2D eigenvalue weighted by Crippen LogP contribution is 2.22. The molecule has 178 valence electrons. The molecule has 1 aromatic rings. The Morgan fingerprint density at radius 3 is 2.82 bits per heavy atom. The lowest BCUT2D eigenvalue weighted by atomic mass is 10.1. The number of ether oxygens (including phenoxy) is 1. The van der Waals surface area contributed by atoms with Crippen LogP contribution in [-0.2, 0) is 20.7 Å². The van der Waals surface area contributed by atoms with E-state index in [4.69, 9.17) is 9.15 Å². The minimum atomic E-state index is -1.00. The lowest BCUT2D eigenvalue weighted by Crippen LogP contribution is -2.44. The van der Waals surface area contributed by atoms with Crippen molar-refractivity contribution in [3.8, 4) is 0 Å². The average molecular weight is 478 g/mol. The quantitative estimate of drug-likeness (QED) is 0.394. The molecule has 2 aliphatic heterocycles. The van der Waals surface area contributed by atoms with Crippen LogP contribution in [0.15, 0.2) is 46.0 Å². The third-order valence-electron chi connectivity index (χ3n) is 4.84. The number of aliphatic hydroxyl groups is 2. The van der Waals surface area contributed by atoms with Crippen molar-refractivity contribution in [1.29, 1.82) is 0 Å². The topological polar surface area (TPSA) is 151 Å². The lowest BCUT2D eigenvalue weighted by Gasteiger charge is -2.18. The molecule has 10 nitrogen and oxygen atoms in total. The number of oxazole rings is 1. The SMILES string of the molecule is C[C@@H]1CC=C2SC[C@@H](NC(=O)c3coc(n3)C[C@@H](O)C[C@H](O)C=CC=CCNC2=O)C(=O)O1. The predicted molar refractivity (Wildman–Crippen MR) is 120 cm³/mol. The standard InChI is InChI=1S/C22H27N3O7S/c1-13-6-7-18-21(29)23-8-4-2-3-5-14(26)9-15(27)10-19-24-16(11-31-19)20(28)25-17(12-33-18)22(30)32-13/h2-5,7,11,13-15,17,26-27H,6,8-10,12H2,1H3,(H,23,29)(H,25,28)/t13-,14-,15+,17-/m1/s1. The van der Waals surface area contributed by atoms with Crippen LogP contribution in [-0.4, -0.2) is 69.6 Å². The first-order valence-corrected chi connectivity index (χ1v) is 11.6. The Balaban J connectivity index is 1.84. The number of carbonyl (C=O) groups excluding carboxylic acids is 3. The van der Waals surface area contributed by atoms with E-state index in [1.165, 1.54) is 6.08 Å². The van der Waals surface area contributed by atoms with Gasteiger partial charge in [-0.15, -0.1) is 11.8 Å². The normalized spacial score (nSPS) is 28.0. The average Bonchev–Trinajstić information content (AvgIpc) is 3.23. The summed E-state index contributed by atoms with van der Waals surface area (Å²) in [4.78, 5) is 42.3. The molecule has 3 rings (SSSR count). The number of hydrogen-bond acceptors (Lipinski definition) is 9. The van der Waals surface area contributed by atoms with Gasteiger partial charge in [0.15, 0.2) is 11.6 Å². The molecule has 0 unspecified atom stereocenters. The van der Waals surface area contributed by atoms with Crippen molar-refractivity contribution in [1.82, 2.24) is 15.6 Å². The Morgan fingerprint density at radius 2 is 2.00 bits per heavy atom. The van der Waals surface area contributed by atoms with Crippen molar-refractivity contribution in [2.45, 2.75) is 50.5 Å². The van der Waals surface area contributed by atoms with Crippen LogP contribution in [0, 0.1) is 0 Å². The first kappa shape index (κ1) is 24.7. The first-order valence-electron chi connectivity index (χ1n) is 10.6. The van der Waals surface area contributed by atoms with Crippen molar-refractivity contribution in [3.05, 3.63) is 53.1 Å². The van der Waals surface area contributed by atoms with Crippen LogP contribution in [0.25, 0.3) is 0 Å². The summed E-state index contributed by atoms with van der Waals surface area (Å²) in [6.45, 7) is 1.97. The number of rotatable bonds is 0. The van der Waals surface area contributed by atoms with Gasteiger partial charge in [0, 0.05) is 25.1 Å². The van der Waals surface area contributed by atoms with E-state index in [0.29, 0.717) is 11.3 Å². The van der Waals surface area contributed by atoms with Crippen molar-refractivity contribution >= 4 is 29.5 Å². The van der Waals surface area contributed by atoms with E-state index in [1.807, 2.05) is 0 Å². The summed E-state index contributed by atoms with van der Waals surface area (Å²) in [6.07, 6.45) is 7.47. The molecule has 0 aromatic carbocycles. The molecular formula is C22H27N3O7S. The largest absolute Gasteiger partial charge is 0.461 e. The smallest absolute Gasteiger partial charge is 0.329 e. The summed E-state index contributed by atoms with van der Waals surface area (Å²) in [5.74, 6) is -1.34. The molecule has 33 heavy (non-hydrogen) atoms. The molecule has 1 aromatic heterocycles. The molecule has 2 aliphatic rings. The summed E-state index contributed by atoms with van der Waals surface area (Å²) < 4.78 is 10.7. The van der Waals surface area contributed by atoms with Gasteiger partial charge in [0.05, 0.1) is 23.5 Å². The lowest BCUT2D eigenvalue weighted by molar-refractivity contribution is -0.149. The van der Waals surface area contributed by atoms with Gasteiger partial charge in [-0.1, -0.05) is 30.4 Å². The molecule has 3 heterocycles. The fraction of sp³-hybridized carbons (Fsp3) is 0.455. The first-order chi connectivity index (χ1) is 15.8. The Bertz CT molecular complexity index is 956. The van der Waals surface area contributed by atoms with E-state index in [-0.39, 0.29) is 42.6 Å². The molecule has 0 radical (unpaired) electrons. The monoisotopic (exact) mass is 477 g/mol. The molecule has 0 aliphatic carbocycles. The molecule has 0 fully saturated rings. The predicted octanol–water partition coefficient (Wildman–Crippen LogP) is 0.622. The van der Waals surface area contributed by atoms with Gasteiger partial charge in [-0.05, 0) is 6.92 Å². The van der Waals surface area contributed by atoms with Crippen LogP contribution < -0.4 is 10.6 Å². The second kappa shape index (κ2) is 11.8. The zero-order valence-corrected chi connectivity index (χ0v) is 18.9. The number of nitrogens with one attached hydrogen (secondary N) is 2. The van der Waals surface area contributed by atoms with Gasteiger partial charge in [0.1, 0.15) is 18.4 Å². The highest BCUT2D eigenvalue weighted by Gasteiger charge is 2.28. The Kier molecular flexibility index (Phi) is 8.87. The van der Waals surface area contributed by atoms with E-state index in [1.54, 1.807) is 31.2 Å². The number of hydrogen-bond donors (Lipinski definition) is 4. The number of aliphatic hydroxyl groups excluding tert-OH is 2. The van der Waals surface area contributed by atoms with Crippen molar-refractivity contribution in [2.75, 3.05) is 12.3 Å². The minimum absolute atomic E-state index is 0.00699. The zero-order chi connectivity index (χ0) is 23.8. The van der Waals surface area contributed by atoms with Gasteiger partial charge >= 0.3 is 5.97 Å². The van der Waals surface area contributed by atoms with E-state index in [0.717, 1.165) is 18.0 Å². The number of carbonyl (C=O) groups is 3. The third kappa shape index (κ3) is 7.58. The fourth-order valence-electron chi connectivity index (χ4n) is 3.12. The van der Waals surface area contributed by atoms with Crippen molar-refractivity contribution in [3.63, 3.8) is 0 Å². The molecule has 11 heteroatoms. The highest BCUT2D eigenvalue weighted by molar-refractivity contribution is 8.04. The van der Waals surface area contributed by atoms with Gasteiger partial charge in [0.25, 0.3) is 11.8 Å². The fourth-order valence-corrected chi connectivity index (χ4v) is 4.10. The van der Waals surface area contributed by atoms with Crippen LogP contribution in [0.4, 0.5) is 0 Å². The maximum atomic E-state index is 12.6. The summed E-state index contributed by atoms with van der Waals surface area (Å²) in [6, 6.07) is -1.00. The number of nitrogens with zero attached hydrogens (tertiary/aromatic N) is 1. The van der Waals surface area contributed by atoms with Crippen molar-refractivity contribution in [2.24, 2.45) is 0 Å². The van der Waals surface area contributed by atoms with E-state index >= 15 is 0 Å². The summed E-state index contributed by atoms with van der Waals surface area (Å²) in [5.41, 5.74) is -0.0589. The number of fused-ring (bicyclic) bond motifs is 5. The van der Waals surface area contributed by atoms with E-state index in [2.05, 4.69) is 15.6 Å². The summed E-state index contributed by atoms with van der Waals surface area (Å²) >= 11 is 1.15. The number of allylic oxidation sites excluding steroid dienone is 2. The molecule has 4 N–H and O–H groups in total. The number of esters is 1. The summed E-state index contributed by atoms with van der Waals surface area (Å²) in [7, 11) is 0. The number of aromatic nitrogens is 1. The van der Waals surface area contributed by atoms with E-state index < -0.39 is 36.2 Å². The third-order valence-corrected chi connectivity index (χ3v) is 6.00. The highest BCUT2D eigenvalue weighted by atomic mass is 32.2. The maximum absolute atomic E-state index is 12.6. The number of thioether (sulfide) groups is 1. The van der Waals surface area contributed by atoms with Crippen LogP contribution in [0.2, 0.25) is 0 Å². The number of amides is 2. The van der Waals surface area contributed by atoms with Crippen molar-refractivity contribution < 1.29 is 33.8 Å².